The number of hydrogen-bond donors (Lipinski definition) is 0. The smallest absolute Gasteiger partial charge is 0.313 e. The van der Waals surface area contributed by atoms with Crippen LogP contribution in [0.4, 0.5) is 0 Å². The van der Waals surface area contributed by atoms with Crippen molar-refractivity contribution < 1.29 is 13.9 Å². The lowest BCUT2D eigenvalue weighted by Gasteiger charge is -2.16. The van der Waals surface area contributed by atoms with Gasteiger partial charge >= 0.3 is 5.97 Å². The predicted molar refractivity (Wildman–Crippen MR) is 114 cm³/mol. The van der Waals surface area contributed by atoms with Gasteiger partial charge in [-0.2, -0.15) is 0 Å². The molecule has 0 aliphatic carbocycles. The number of halogens is 1. The first kappa shape index (κ1) is 20.2. The number of pyridine rings is 1. The van der Waals surface area contributed by atoms with E-state index < -0.39 is 5.97 Å². The number of hydrogen-bond acceptors (Lipinski definition) is 7. The third kappa shape index (κ3) is 4.25. The highest BCUT2D eigenvalue weighted by Gasteiger charge is 2.21. The summed E-state index contributed by atoms with van der Waals surface area (Å²) in [4.78, 5) is 33.9. The highest BCUT2D eigenvalue weighted by Crippen LogP contribution is 2.24. The molecule has 154 valence electrons. The summed E-state index contributed by atoms with van der Waals surface area (Å²) in [5, 5.41) is 4.54. The number of carbonyl (C=O) groups is 1. The number of fused-ring (bicyclic) bond motifs is 2. The Morgan fingerprint density at radius 1 is 1.27 bits per heavy atom. The molecule has 0 amide bonds. The molecule has 9 heteroatoms. The summed E-state index contributed by atoms with van der Waals surface area (Å²) in [6.45, 7) is 5.79. The molecule has 0 saturated carbocycles. The van der Waals surface area contributed by atoms with Crippen LogP contribution >= 0.6 is 15.9 Å². The largest absolute Gasteiger partial charge is 0.439 e. The van der Waals surface area contributed by atoms with Gasteiger partial charge in [-0.3, -0.25) is 14.6 Å². The van der Waals surface area contributed by atoms with Gasteiger partial charge in [0.25, 0.3) is 11.4 Å². The first-order valence-corrected chi connectivity index (χ1v) is 10.1. The second-order valence-corrected chi connectivity index (χ2v) is 9.01. The Morgan fingerprint density at radius 3 is 2.83 bits per heavy atom. The van der Waals surface area contributed by atoms with Crippen molar-refractivity contribution in [1.29, 1.82) is 0 Å². The average Bonchev–Trinajstić information content (AvgIpc) is 3.05. The minimum Gasteiger partial charge on any atom is -0.439 e. The molecule has 0 fully saturated rings. The molecule has 0 N–H and O–H groups in total. The van der Waals surface area contributed by atoms with Crippen LogP contribution in [-0.4, -0.2) is 25.7 Å². The number of benzene rings is 1. The van der Waals surface area contributed by atoms with Gasteiger partial charge in [-0.05, 0) is 35.7 Å². The molecule has 30 heavy (non-hydrogen) atoms. The van der Waals surface area contributed by atoms with Gasteiger partial charge in [-0.25, -0.2) is 9.67 Å². The zero-order chi connectivity index (χ0) is 21.5. The van der Waals surface area contributed by atoms with E-state index in [4.69, 9.17) is 9.15 Å². The molecule has 0 radical (unpaired) electrons. The van der Waals surface area contributed by atoms with E-state index in [1.165, 1.54) is 10.9 Å². The van der Waals surface area contributed by atoms with E-state index in [0.29, 0.717) is 22.4 Å². The summed E-state index contributed by atoms with van der Waals surface area (Å²) in [5.74, 6) is -0.148. The molecule has 8 nitrogen and oxygen atoms in total. The third-order valence-corrected chi connectivity index (χ3v) is 4.74. The summed E-state index contributed by atoms with van der Waals surface area (Å²) in [6.07, 6.45) is 1.72. The number of ether oxygens (including phenoxy) is 1. The van der Waals surface area contributed by atoms with Gasteiger partial charge in [0.05, 0.1) is 11.8 Å². The lowest BCUT2D eigenvalue weighted by atomic mass is 9.92. The maximum Gasteiger partial charge on any atom is 0.313 e. The van der Waals surface area contributed by atoms with E-state index in [-0.39, 0.29) is 35.3 Å². The molecule has 0 aliphatic rings. The van der Waals surface area contributed by atoms with Crippen LogP contribution in [0, 0.1) is 5.41 Å². The van der Waals surface area contributed by atoms with Gasteiger partial charge in [0.15, 0.2) is 5.58 Å². The standard InChI is InChI=1S/C21H19BrN4O4/c1-21(2,3)10-17(27)30-19-18-13(5-4-8-23-18)20(28)26(25-19)11-16-24-14-9-12(22)6-7-15(14)29-16/h4-9H,10-11H2,1-3H3. The van der Waals surface area contributed by atoms with Crippen molar-refractivity contribution in [3.63, 3.8) is 0 Å². The lowest BCUT2D eigenvalue weighted by molar-refractivity contribution is -0.136. The van der Waals surface area contributed by atoms with E-state index in [1.807, 2.05) is 32.9 Å². The summed E-state index contributed by atoms with van der Waals surface area (Å²) in [7, 11) is 0. The summed E-state index contributed by atoms with van der Waals surface area (Å²) < 4.78 is 13.2. The van der Waals surface area contributed by atoms with Crippen LogP contribution in [0.15, 0.2) is 50.2 Å². The Kier molecular flexibility index (Phi) is 5.15. The topological polar surface area (TPSA) is 100 Å². The third-order valence-electron chi connectivity index (χ3n) is 4.25. The quantitative estimate of drug-likeness (QED) is 0.414. The molecule has 3 heterocycles. The second-order valence-electron chi connectivity index (χ2n) is 8.10. The van der Waals surface area contributed by atoms with Crippen LogP contribution in [0.25, 0.3) is 22.0 Å². The maximum atomic E-state index is 12.9. The van der Waals surface area contributed by atoms with Crippen molar-refractivity contribution in [2.24, 2.45) is 5.41 Å². The van der Waals surface area contributed by atoms with Crippen molar-refractivity contribution in [3.8, 4) is 5.88 Å². The van der Waals surface area contributed by atoms with Gasteiger partial charge in [-0.1, -0.05) is 36.7 Å². The van der Waals surface area contributed by atoms with Crippen molar-refractivity contribution >= 4 is 43.9 Å². The second kappa shape index (κ2) is 7.64. The molecule has 4 aromatic rings. The maximum absolute atomic E-state index is 12.9. The molecular weight excluding hydrogens is 452 g/mol. The summed E-state index contributed by atoms with van der Waals surface area (Å²) in [5.41, 5.74) is 0.869. The van der Waals surface area contributed by atoms with Crippen LogP contribution in [0.3, 0.4) is 0 Å². The van der Waals surface area contributed by atoms with Crippen molar-refractivity contribution in [3.05, 3.63) is 57.2 Å². The fourth-order valence-electron chi connectivity index (χ4n) is 2.99. The Morgan fingerprint density at radius 2 is 2.07 bits per heavy atom. The molecule has 0 unspecified atom stereocenters. The van der Waals surface area contributed by atoms with Crippen molar-refractivity contribution in [2.75, 3.05) is 0 Å². The first-order chi connectivity index (χ1) is 14.2. The molecule has 1 aromatic carbocycles. The fourth-order valence-corrected chi connectivity index (χ4v) is 3.34. The molecular formula is C21H19BrN4O4. The number of oxazole rings is 1. The highest BCUT2D eigenvalue weighted by molar-refractivity contribution is 9.10. The fraction of sp³-hybridized carbons (Fsp3) is 0.286. The van der Waals surface area contributed by atoms with Gasteiger partial charge in [-0.15, -0.1) is 5.10 Å². The van der Waals surface area contributed by atoms with Crippen LogP contribution < -0.4 is 10.3 Å². The molecule has 0 atom stereocenters. The average molecular weight is 471 g/mol. The number of esters is 1. The lowest BCUT2D eigenvalue weighted by Crippen LogP contribution is -2.26. The number of rotatable bonds is 4. The molecule has 0 spiro atoms. The molecule has 3 aromatic heterocycles. The van der Waals surface area contributed by atoms with E-state index in [2.05, 4.69) is 31.0 Å². The highest BCUT2D eigenvalue weighted by atomic mass is 79.9. The van der Waals surface area contributed by atoms with Gasteiger partial charge < -0.3 is 9.15 Å². The minimum atomic E-state index is -0.445. The first-order valence-electron chi connectivity index (χ1n) is 9.31. The Balaban J connectivity index is 1.74. The van der Waals surface area contributed by atoms with Crippen LogP contribution in [0.1, 0.15) is 33.1 Å². The van der Waals surface area contributed by atoms with Crippen molar-refractivity contribution in [2.45, 2.75) is 33.7 Å². The summed E-state index contributed by atoms with van der Waals surface area (Å²) in [6, 6.07) is 8.72. The molecule has 0 bridgehead atoms. The van der Waals surface area contributed by atoms with E-state index >= 15 is 0 Å². The SMILES string of the molecule is CC(C)(C)CC(=O)Oc1nn(Cc2nc3cc(Br)ccc3o2)c(=O)c2cccnc12. The van der Waals surface area contributed by atoms with E-state index in [9.17, 15) is 9.59 Å². The number of aromatic nitrogens is 4. The summed E-state index contributed by atoms with van der Waals surface area (Å²) >= 11 is 3.40. The molecule has 0 saturated heterocycles. The number of nitrogens with zero attached hydrogens (tertiary/aromatic N) is 4. The normalized spacial score (nSPS) is 11.9. The Bertz CT molecular complexity index is 1320. The minimum absolute atomic E-state index is 0.0141. The van der Waals surface area contributed by atoms with Crippen LogP contribution in [0.2, 0.25) is 0 Å². The monoisotopic (exact) mass is 470 g/mol. The van der Waals surface area contributed by atoms with Crippen molar-refractivity contribution in [1.82, 2.24) is 19.7 Å². The van der Waals surface area contributed by atoms with Gasteiger partial charge in [0.2, 0.25) is 5.89 Å². The van der Waals surface area contributed by atoms with E-state index in [0.717, 1.165) is 4.47 Å². The Hall–Kier alpha value is -3.07. The zero-order valence-electron chi connectivity index (χ0n) is 16.7. The molecule has 0 aliphatic heterocycles. The van der Waals surface area contributed by atoms with Crippen LogP contribution in [0.5, 0.6) is 5.88 Å². The van der Waals surface area contributed by atoms with Gasteiger partial charge in [0.1, 0.15) is 17.6 Å². The van der Waals surface area contributed by atoms with E-state index in [1.54, 1.807) is 18.2 Å². The van der Waals surface area contributed by atoms with Gasteiger partial charge in [0, 0.05) is 10.7 Å². The Labute approximate surface area is 180 Å². The van der Waals surface area contributed by atoms with Crippen LogP contribution in [-0.2, 0) is 11.3 Å². The number of carbonyl (C=O) groups excluding carboxylic acids is 1. The zero-order valence-corrected chi connectivity index (χ0v) is 18.3. The molecule has 4 rings (SSSR count). The predicted octanol–water partition coefficient (Wildman–Crippen LogP) is 4.09.